The predicted molar refractivity (Wildman–Crippen MR) is 94.8 cm³/mol. The highest BCUT2D eigenvalue weighted by molar-refractivity contribution is 14.0. The van der Waals surface area contributed by atoms with Gasteiger partial charge in [-0.3, -0.25) is 4.99 Å². The van der Waals surface area contributed by atoms with Crippen LogP contribution < -0.4 is 10.6 Å². The minimum Gasteiger partial charge on any atom is -0.505 e. The van der Waals surface area contributed by atoms with Crippen molar-refractivity contribution in [2.24, 2.45) is 4.99 Å². The molecule has 0 spiro atoms. The third-order valence-corrected chi connectivity index (χ3v) is 3.58. The van der Waals surface area contributed by atoms with Gasteiger partial charge in [0.2, 0.25) is 0 Å². The number of aliphatic imine (C=N–C) groups is 1. The minimum atomic E-state index is -0.620. The average molecular weight is 421 g/mol. The monoisotopic (exact) mass is 421 g/mol. The zero-order chi connectivity index (χ0) is 14.4. The van der Waals surface area contributed by atoms with Crippen LogP contribution in [0.15, 0.2) is 40.7 Å². The van der Waals surface area contributed by atoms with Gasteiger partial charge in [0.1, 0.15) is 0 Å². The van der Waals surface area contributed by atoms with E-state index in [0.29, 0.717) is 19.0 Å². The molecule has 114 valence electrons. The second-order valence-corrected chi connectivity index (χ2v) is 5.18. The Morgan fingerprint density at radius 2 is 2.05 bits per heavy atom. The van der Waals surface area contributed by atoms with Crippen molar-refractivity contribution in [2.75, 3.05) is 7.05 Å². The van der Waals surface area contributed by atoms with Crippen LogP contribution in [0.1, 0.15) is 10.4 Å². The maximum atomic E-state index is 13.2. The van der Waals surface area contributed by atoms with Gasteiger partial charge in [0.15, 0.2) is 17.5 Å². The van der Waals surface area contributed by atoms with E-state index in [0.717, 1.165) is 5.56 Å². The Kier molecular flexibility index (Phi) is 7.44. The van der Waals surface area contributed by atoms with Crippen LogP contribution in [-0.4, -0.2) is 18.1 Å². The molecule has 0 aliphatic carbocycles. The number of nitrogens with one attached hydrogen (secondary N) is 2. The van der Waals surface area contributed by atoms with Crippen molar-refractivity contribution >= 4 is 41.3 Å². The molecule has 0 saturated heterocycles. The number of hydrogen-bond acceptors (Lipinski definition) is 3. The summed E-state index contributed by atoms with van der Waals surface area (Å²) in [6.45, 7) is 1.13. The van der Waals surface area contributed by atoms with E-state index in [-0.39, 0.29) is 29.7 Å². The highest BCUT2D eigenvalue weighted by Gasteiger charge is 2.03. The number of rotatable bonds is 4. The van der Waals surface area contributed by atoms with Crippen LogP contribution in [0.4, 0.5) is 4.39 Å². The number of hydrogen-bond donors (Lipinski definition) is 3. The Morgan fingerprint density at radius 3 is 2.67 bits per heavy atom. The maximum Gasteiger partial charge on any atom is 0.191 e. The van der Waals surface area contributed by atoms with Crippen LogP contribution >= 0.6 is 35.3 Å². The molecule has 2 aromatic rings. The van der Waals surface area contributed by atoms with E-state index in [1.165, 1.54) is 17.0 Å². The van der Waals surface area contributed by atoms with Crippen molar-refractivity contribution in [3.63, 3.8) is 0 Å². The highest BCUT2D eigenvalue weighted by atomic mass is 127. The van der Waals surface area contributed by atoms with Gasteiger partial charge in [-0.2, -0.15) is 0 Å². The molecular formula is C14H17FIN3OS. The fraction of sp³-hybridized carbons (Fsp3) is 0.214. The van der Waals surface area contributed by atoms with Crippen molar-refractivity contribution in [3.05, 3.63) is 52.0 Å². The van der Waals surface area contributed by atoms with Gasteiger partial charge in [-0.25, -0.2) is 4.39 Å². The maximum absolute atomic E-state index is 13.2. The van der Waals surface area contributed by atoms with E-state index < -0.39 is 5.82 Å². The van der Waals surface area contributed by atoms with Crippen molar-refractivity contribution in [1.29, 1.82) is 0 Å². The number of guanidine groups is 1. The van der Waals surface area contributed by atoms with Crippen molar-refractivity contribution in [2.45, 2.75) is 13.1 Å². The summed E-state index contributed by atoms with van der Waals surface area (Å²) in [6, 6.07) is 8.35. The number of halogens is 2. The summed E-state index contributed by atoms with van der Waals surface area (Å²) >= 11 is 1.67. The Hall–Kier alpha value is -1.35. The second kappa shape index (κ2) is 8.83. The molecule has 0 aliphatic heterocycles. The third kappa shape index (κ3) is 5.50. The molecule has 0 atom stereocenters. The van der Waals surface area contributed by atoms with Crippen LogP contribution in [0.3, 0.4) is 0 Å². The SMILES string of the molecule is CN=C(NCc1ccc(O)c(F)c1)NCc1cccs1.I. The first-order valence-corrected chi connectivity index (χ1v) is 7.01. The summed E-state index contributed by atoms with van der Waals surface area (Å²) in [6.07, 6.45) is 0. The normalized spacial score (nSPS) is 10.9. The standard InChI is InChI=1S/C14H16FN3OS.HI/c1-16-14(18-9-11-3-2-6-20-11)17-8-10-4-5-13(19)12(15)7-10;/h2-7,19H,8-9H2,1H3,(H2,16,17,18);1H. The van der Waals surface area contributed by atoms with E-state index in [1.54, 1.807) is 24.5 Å². The molecule has 21 heavy (non-hydrogen) atoms. The summed E-state index contributed by atoms with van der Waals surface area (Å²) in [4.78, 5) is 5.31. The summed E-state index contributed by atoms with van der Waals surface area (Å²) in [7, 11) is 1.68. The van der Waals surface area contributed by atoms with E-state index in [4.69, 9.17) is 5.11 Å². The van der Waals surface area contributed by atoms with Crippen molar-refractivity contribution < 1.29 is 9.50 Å². The number of phenols is 1. The number of benzene rings is 1. The molecule has 0 bridgehead atoms. The molecule has 7 heteroatoms. The Bertz CT molecular complexity index is 590. The molecule has 0 amide bonds. The van der Waals surface area contributed by atoms with Crippen LogP contribution in [0.5, 0.6) is 5.75 Å². The predicted octanol–water partition coefficient (Wildman–Crippen LogP) is 3.08. The minimum absolute atomic E-state index is 0. The van der Waals surface area contributed by atoms with Gasteiger partial charge in [0.05, 0.1) is 6.54 Å². The molecule has 1 aromatic heterocycles. The van der Waals surface area contributed by atoms with Gasteiger partial charge in [-0.1, -0.05) is 12.1 Å². The van der Waals surface area contributed by atoms with E-state index in [9.17, 15) is 4.39 Å². The molecule has 0 aliphatic rings. The van der Waals surface area contributed by atoms with Crippen molar-refractivity contribution in [1.82, 2.24) is 10.6 Å². The summed E-state index contributed by atoms with van der Waals surface area (Å²) in [5, 5.41) is 17.4. The zero-order valence-electron chi connectivity index (χ0n) is 11.5. The molecule has 0 unspecified atom stereocenters. The van der Waals surface area contributed by atoms with Crippen molar-refractivity contribution in [3.8, 4) is 5.75 Å². The number of nitrogens with zero attached hydrogens (tertiary/aromatic N) is 1. The summed E-state index contributed by atoms with van der Waals surface area (Å²) in [5.74, 6) is -0.313. The van der Waals surface area contributed by atoms with Gasteiger partial charge in [-0.15, -0.1) is 35.3 Å². The van der Waals surface area contributed by atoms with Crippen LogP contribution in [0.2, 0.25) is 0 Å². The van der Waals surface area contributed by atoms with E-state index in [2.05, 4.69) is 15.6 Å². The number of aromatic hydroxyl groups is 1. The Labute approximate surface area is 144 Å². The zero-order valence-corrected chi connectivity index (χ0v) is 14.6. The lowest BCUT2D eigenvalue weighted by Crippen LogP contribution is -2.36. The molecule has 2 rings (SSSR count). The van der Waals surface area contributed by atoms with Gasteiger partial charge in [-0.05, 0) is 29.1 Å². The van der Waals surface area contributed by atoms with Gasteiger partial charge >= 0.3 is 0 Å². The molecular weight excluding hydrogens is 404 g/mol. The topological polar surface area (TPSA) is 56.7 Å². The average Bonchev–Trinajstić information content (AvgIpc) is 2.96. The van der Waals surface area contributed by atoms with Gasteiger partial charge in [0.25, 0.3) is 0 Å². The molecule has 0 saturated carbocycles. The molecule has 4 nitrogen and oxygen atoms in total. The second-order valence-electron chi connectivity index (χ2n) is 4.14. The summed E-state index contributed by atoms with van der Waals surface area (Å²) in [5.41, 5.74) is 0.736. The van der Waals surface area contributed by atoms with Crippen LogP contribution in [0.25, 0.3) is 0 Å². The molecule has 1 heterocycles. The Morgan fingerprint density at radius 1 is 1.29 bits per heavy atom. The first-order valence-electron chi connectivity index (χ1n) is 6.13. The fourth-order valence-electron chi connectivity index (χ4n) is 1.65. The molecule has 0 radical (unpaired) electrons. The lowest BCUT2D eigenvalue weighted by molar-refractivity contribution is 0.431. The first kappa shape index (κ1) is 17.7. The molecule has 1 aromatic carbocycles. The highest BCUT2D eigenvalue weighted by Crippen LogP contribution is 2.15. The first-order chi connectivity index (χ1) is 9.69. The van der Waals surface area contributed by atoms with Gasteiger partial charge in [0, 0.05) is 18.5 Å². The quantitative estimate of drug-likeness (QED) is 0.404. The Balaban J connectivity index is 0.00000220. The van der Waals surface area contributed by atoms with E-state index >= 15 is 0 Å². The van der Waals surface area contributed by atoms with E-state index in [1.807, 2.05) is 17.5 Å². The van der Waals surface area contributed by atoms with Gasteiger partial charge < -0.3 is 15.7 Å². The summed E-state index contributed by atoms with van der Waals surface area (Å²) < 4.78 is 13.2. The number of thiophene rings is 1. The third-order valence-electron chi connectivity index (χ3n) is 2.71. The van der Waals surface area contributed by atoms with Crippen LogP contribution in [-0.2, 0) is 13.1 Å². The van der Waals surface area contributed by atoms with Crippen LogP contribution in [0, 0.1) is 5.82 Å². The molecule has 0 fully saturated rings. The fourth-order valence-corrected chi connectivity index (χ4v) is 2.30. The number of phenolic OH excluding ortho intramolecular Hbond substituents is 1. The lowest BCUT2D eigenvalue weighted by atomic mass is 10.2. The lowest BCUT2D eigenvalue weighted by Gasteiger charge is -2.11. The largest absolute Gasteiger partial charge is 0.505 e. The molecule has 3 N–H and O–H groups in total. The smallest absolute Gasteiger partial charge is 0.191 e.